The fourth-order valence-corrected chi connectivity index (χ4v) is 1.61. The number of imide groups is 1. The maximum absolute atomic E-state index is 11.9. The minimum Gasteiger partial charge on any atom is -0.397 e. The predicted octanol–water partition coefficient (Wildman–Crippen LogP) is 0.939. The van der Waals surface area contributed by atoms with Crippen molar-refractivity contribution in [1.82, 2.24) is 10.6 Å². The van der Waals surface area contributed by atoms with Crippen LogP contribution in [0.1, 0.15) is 13.8 Å². The standard InChI is InChI=1S/C13H20N4O2/c1-4-15-13(19)16-12(18)9(2)17(3)11-8-6-5-7-10(11)14/h5-9H,4,14H2,1-3H3,(H2,15,16,18,19). The first-order valence-corrected chi connectivity index (χ1v) is 6.13. The molecule has 19 heavy (non-hydrogen) atoms. The Morgan fingerprint density at radius 1 is 1.37 bits per heavy atom. The molecule has 6 heteroatoms. The van der Waals surface area contributed by atoms with Crippen molar-refractivity contribution in [3.63, 3.8) is 0 Å². The molecule has 1 unspecified atom stereocenters. The zero-order valence-corrected chi connectivity index (χ0v) is 11.4. The number of carbonyl (C=O) groups excluding carboxylic acids is 2. The van der Waals surface area contributed by atoms with Gasteiger partial charge in [-0.1, -0.05) is 12.1 Å². The average Bonchev–Trinajstić information content (AvgIpc) is 2.37. The molecule has 0 heterocycles. The Kier molecular flexibility index (Phi) is 5.17. The molecule has 0 aliphatic carbocycles. The van der Waals surface area contributed by atoms with Crippen molar-refractivity contribution in [3.8, 4) is 0 Å². The second-order valence-electron chi connectivity index (χ2n) is 4.19. The monoisotopic (exact) mass is 264 g/mol. The van der Waals surface area contributed by atoms with Crippen LogP contribution in [-0.4, -0.2) is 31.6 Å². The number of benzene rings is 1. The van der Waals surface area contributed by atoms with Crippen LogP contribution in [0, 0.1) is 0 Å². The van der Waals surface area contributed by atoms with Gasteiger partial charge < -0.3 is 16.0 Å². The quantitative estimate of drug-likeness (QED) is 0.706. The lowest BCUT2D eigenvalue weighted by atomic mass is 10.2. The fraction of sp³-hybridized carbons (Fsp3) is 0.385. The van der Waals surface area contributed by atoms with Crippen molar-refractivity contribution < 1.29 is 9.59 Å². The van der Waals surface area contributed by atoms with E-state index in [0.717, 1.165) is 5.69 Å². The van der Waals surface area contributed by atoms with Gasteiger partial charge in [0.15, 0.2) is 0 Å². The SMILES string of the molecule is CCNC(=O)NC(=O)C(C)N(C)c1ccccc1N. The van der Waals surface area contributed by atoms with Crippen LogP contribution in [0.15, 0.2) is 24.3 Å². The van der Waals surface area contributed by atoms with Crippen LogP contribution in [0.4, 0.5) is 16.2 Å². The van der Waals surface area contributed by atoms with Gasteiger partial charge >= 0.3 is 6.03 Å². The van der Waals surface area contributed by atoms with Gasteiger partial charge in [0.25, 0.3) is 0 Å². The summed E-state index contributed by atoms with van der Waals surface area (Å²) in [5.41, 5.74) is 7.19. The third-order valence-electron chi connectivity index (χ3n) is 2.85. The average molecular weight is 264 g/mol. The summed E-state index contributed by atoms with van der Waals surface area (Å²) in [6, 6.07) is 6.26. The largest absolute Gasteiger partial charge is 0.397 e. The summed E-state index contributed by atoms with van der Waals surface area (Å²) in [7, 11) is 1.76. The van der Waals surface area contributed by atoms with E-state index >= 15 is 0 Å². The maximum atomic E-state index is 11.9. The lowest BCUT2D eigenvalue weighted by Crippen LogP contribution is -2.48. The van der Waals surface area contributed by atoms with Crippen LogP contribution in [0.2, 0.25) is 0 Å². The molecular weight excluding hydrogens is 244 g/mol. The highest BCUT2D eigenvalue weighted by Gasteiger charge is 2.21. The molecule has 0 bridgehead atoms. The summed E-state index contributed by atoms with van der Waals surface area (Å²) in [6.45, 7) is 3.96. The fourth-order valence-electron chi connectivity index (χ4n) is 1.61. The van der Waals surface area contributed by atoms with E-state index in [1.54, 1.807) is 31.9 Å². The number of carbonyl (C=O) groups is 2. The summed E-state index contributed by atoms with van der Waals surface area (Å²) >= 11 is 0. The molecule has 6 nitrogen and oxygen atoms in total. The van der Waals surface area contributed by atoms with Crippen molar-refractivity contribution >= 4 is 23.3 Å². The number of anilines is 2. The molecule has 0 aliphatic rings. The minimum absolute atomic E-state index is 0.378. The van der Waals surface area contributed by atoms with Gasteiger partial charge in [-0.05, 0) is 26.0 Å². The highest BCUT2D eigenvalue weighted by Crippen LogP contribution is 2.22. The van der Waals surface area contributed by atoms with Crippen LogP contribution in [0.3, 0.4) is 0 Å². The van der Waals surface area contributed by atoms with Gasteiger partial charge in [0, 0.05) is 13.6 Å². The highest BCUT2D eigenvalue weighted by molar-refractivity contribution is 5.98. The van der Waals surface area contributed by atoms with E-state index in [4.69, 9.17) is 5.73 Å². The Bertz CT molecular complexity index is 462. The number of rotatable bonds is 4. The molecule has 1 aromatic carbocycles. The number of nitrogens with one attached hydrogen (secondary N) is 2. The summed E-state index contributed by atoms with van der Waals surface area (Å²) in [5.74, 6) is -0.378. The van der Waals surface area contributed by atoms with Gasteiger partial charge in [-0.25, -0.2) is 4.79 Å². The van der Waals surface area contributed by atoms with Gasteiger partial charge in [0.1, 0.15) is 6.04 Å². The zero-order valence-electron chi connectivity index (χ0n) is 11.4. The number of nitrogen functional groups attached to an aromatic ring is 1. The van der Waals surface area contributed by atoms with Gasteiger partial charge in [0.05, 0.1) is 11.4 Å². The van der Waals surface area contributed by atoms with E-state index in [9.17, 15) is 9.59 Å². The summed E-state index contributed by atoms with van der Waals surface area (Å²) in [5, 5.41) is 4.79. The van der Waals surface area contributed by atoms with Crippen LogP contribution >= 0.6 is 0 Å². The third kappa shape index (κ3) is 3.87. The van der Waals surface area contributed by atoms with E-state index in [2.05, 4.69) is 10.6 Å². The second-order valence-corrected chi connectivity index (χ2v) is 4.19. The van der Waals surface area contributed by atoms with Crippen LogP contribution in [-0.2, 0) is 4.79 Å². The number of hydrogen-bond donors (Lipinski definition) is 3. The molecule has 0 saturated heterocycles. The number of amides is 3. The Morgan fingerprint density at radius 2 is 2.00 bits per heavy atom. The molecule has 0 fully saturated rings. The number of likely N-dealkylation sites (N-methyl/N-ethyl adjacent to an activating group) is 1. The maximum Gasteiger partial charge on any atom is 0.321 e. The molecule has 0 spiro atoms. The summed E-state index contributed by atoms with van der Waals surface area (Å²) < 4.78 is 0. The zero-order chi connectivity index (χ0) is 14.4. The normalized spacial score (nSPS) is 11.5. The third-order valence-corrected chi connectivity index (χ3v) is 2.85. The molecule has 0 radical (unpaired) electrons. The summed E-state index contributed by atoms with van der Waals surface area (Å²) in [6.07, 6.45) is 0. The second kappa shape index (κ2) is 6.63. The van der Waals surface area contributed by atoms with Gasteiger partial charge in [-0.15, -0.1) is 0 Å². The minimum atomic E-state index is -0.507. The summed E-state index contributed by atoms with van der Waals surface area (Å²) in [4.78, 5) is 24.9. The Balaban J connectivity index is 2.72. The Hall–Kier alpha value is -2.24. The molecule has 4 N–H and O–H groups in total. The number of hydrogen-bond acceptors (Lipinski definition) is 4. The van der Waals surface area contributed by atoms with Gasteiger partial charge in [-0.3, -0.25) is 10.1 Å². The number of urea groups is 1. The van der Waals surface area contributed by atoms with Crippen molar-refractivity contribution in [2.75, 3.05) is 24.2 Å². The first-order chi connectivity index (χ1) is 8.97. The van der Waals surface area contributed by atoms with Crippen molar-refractivity contribution in [2.45, 2.75) is 19.9 Å². The van der Waals surface area contributed by atoms with E-state index < -0.39 is 12.1 Å². The lowest BCUT2D eigenvalue weighted by molar-refractivity contribution is -0.120. The Labute approximate surface area is 113 Å². The molecule has 1 atom stereocenters. The highest BCUT2D eigenvalue weighted by atomic mass is 16.2. The smallest absolute Gasteiger partial charge is 0.321 e. The molecule has 1 rings (SSSR count). The topological polar surface area (TPSA) is 87.5 Å². The van der Waals surface area contributed by atoms with Crippen LogP contribution in [0.25, 0.3) is 0 Å². The van der Waals surface area contributed by atoms with E-state index in [1.807, 2.05) is 18.2 Å². The molecule has 104 valence electrons. The van der Waals surface area contributed by atoms with Crippen molar-refractivity contribution in [3.05, 3.63) is 24.3 Å². The molecule has 0 saturated carbocycles. The first-order valence-electron chi connectivity index (χ1n) is 6.13. The number of nitrogens with zero attached hydrogens (tertiary/aromatic N) is 1. The van der Waals surface area contributed by atoms with E-state index in [1.165, 1.54) is 0 Å². The van der Waals surface area contributed by atoms with E-state index in [-0.39, 0.29) is 5.91 Å². The lowest BCUT2D eigenvalue weighted by Gasteiger charge is -2.26. The van der Waals surface area contributed by atoms with Crippen molar-refractivity contribution in [2.24, 2.45) is 0 Å². The Morgan fingerprint density at radius 3 is 2.58 bits per heavy atom. The number of nitrogens with two attached hydrogens (primary N) is 1. The van der Waals surface area contributed by atoms with Crippen LogP contribution in [0.5, 0.6) is 0 Å². The van der Waals surface area contributed by atoms with E-state index in [0.29, 0.717) is 12.2 Å². The molecule has 1 aromatic rings. The van der Waals surface area contributed by atoms with Crippen molar-refractivity contribution in [1.29, 1.82) is 0 Å². The number of para-hydroxylation sites is 2. The van der Waals surface area contributed by atoms with Gasteiger partial charge in [0.2, 0.25) is 5.91 Å². The first kappa shape index (κ1) is 14.8. The predicted molar refractivity (Wildman–Crippen MR) is 75.9 cm³/mol. The van der Waals surface area contributed by atoms with Crippen LogP contribution < -0.4 is 21.3 Å². The molecule has 3 amide bonds. The molecule has 0 aromatic heterocycles. The molecule has 0 aliphatic heterocycles. The molecular formula is C13H20N4O2. The van der Waals surface area contributed by atoms with Gasteiger partial charge in [-0.2, -0.15) is 0 Å².